The summed E-state index contributed by atoms with van der Waals surface area (Å²) in [5, 5.41) is 23.1. The van der Waals surface area contributed by atoms with Gasteiger partial charge >= 0.3 is 6.16 Å². The van der Waals surface area contributed by atoms with E-state index in [1.165, 1.54) is 17.2 Å². The quantitative estimate of drug-likeness (QED) is 0.135. The molecule has 0 fully saturated rings. The van der Waals surface area contributed by atoms with Crippen molar-refractivity contribution in [2.45, 2.75) is 84.1 Å². The largest absolute Gasteiger partial charge is 0.511 e. The third-order valence-corrected chi connectivity index (χ3v) is 8.01. The fraction of sp³-hybridized carbons (Fsp3) is 0.441. The van der Waals surface area contributed by atoms with Gasteiger partial charge in [-0.2, -0.15) is 0 Å². The molecule has 0 heterocycles. The molecule has 0 aliphatic heterocycles. The molecular weight excluding hydrogens is 502 g/mol. The number of unbranched alkanes of at least 4 members (excludes halogenated alkanes) is 1. The van der Waals surface area contributed by atoms with Gasteiger partial charge in [0, 0.05) is 23.2 Å². The van der Waals surface area contributed by atoms with Gasteiger partial charge in [0.05, 0.1) is 6.61 Å². The summed E-state index contributed by atoms with van der Waals surface area (Å²) in [4.78, 5) is 10.9. The standard InChI is InChI=1S/C34H43NO5/c1-22(2)35-17-7-8-18-39-31-14-10-23(26-12-11-25(21-30(26)36)40-32(37)38)19-27(31)24-9-13-28-29(20-24)34(5,6)16-15-33(28,3)4/h9-14,19-22,35-36H,7-8,15-18H2,1-6H3,(H,37,38). The van der Waals surface area contributed by atoms with E-state index in [0.29, 0.717) is 18.2 Å². The minimum atomic E-state index is -1.42. The van der Waals surface area contributed by atoms with Gasteiger partial charge in [0.15, 0.2) is 0 Å². The normalized spacial score (nSPS) is 15.5. The molecular formula is C34H43NO5. The van der Waals surface area contributed by atoms with E-state index in [-0.39, 0.29) is 22.3 Å². The van der Waals surface area contributed by atoms with Gasteiger partial charge in [-0.05, 0) is 89.6 Å². The Bertz CT molecular complexity index is 1360. The summed E-state index contributed by atoms with van der Waals surface area (Å²) in [6.45, 7) is 15.2. The van der Waals surface area contributed by atoms with Crippen molar-refractivity contribution in [2.75, 3.05) is 13.2 Å². The molecule has 3 aromatic rings. The van der Waals surface area contributed by atoms with Crippen molar-refractivity contribution in [3.63, 3.8) is 0 Å². The van der Waals surface area contributed by atoms with E-state index in [2.05, 4.69) is 65.1 Å². The van der Waals surface area contributed by atoms with Gasteiger partial charge in [-0.25, -0.2) is 4.79 Å². The van der Waals surface area contributed by atoms with E-state index in [1.807, 2.05) is 18.2 Å². The number of phenolic OH excluding ortho intramolecular Hbond substituents is 1. The van der Waals surface area contributed by atoms with Crippen LogP contribution in [0.25, 0.3) is 22.3 Å². The zero-order valence-electron chi connectivity index (χ0n) is 24.6. The van der Waals surface area contributed by atoms with Crippen molar-refractivity contribution in [1.82, 2.24) is 5.32 Å². The van der Waals surface area contributed by atoms with E-state index in [1.54, 1.807) is 12.1 Å². The highest BCUT2D eigenvalue weighted by Crippen LogP contribution is 2.48. The number of carboxylic acid groups (broad SMARTS) is 1. The van der Waals surface area contributed by atoms with Crippen LogP contribution in [0.3, 0.4) is 0 Å². The average Bonchev–Trinajstić information content (AvgIpc) is 2.88. The smallest absolute Gasteiger partial charge is 0.507 e. The van der Waals surface area contributed by atoms with Crippen molar-refractivity contribution >= 4 is 6.16 Å². The molecule has 0 atom stereocenters. The predicted molar refractivity (Wildman–Crippen MR) is 161 cm³/mol. The Kier molecular flexibility index (Phi) is 8.79. The first-order valence-corrected chi connectivity index (χ1v) is 14.3. The van der Waals surface area contributed by atoms with E-state index < -0.39 is 6.16 Å². The minimum absolute atomic E-state index is 0.0515. The molecule has 6 heteroatoms. The molecule has 0 radical (unpaired) electrons. The van der Waals surface area contributed by atoms with Crippen molar-refractivity contribution < 1.29 is 24.5 Å². The van der Waals surface area contributed by atoms with Crippen molar-refractivity contribution in [3.8, 4) is 39.5 Å². The Labute approximate surface area is 238 Å². The molecule has 6 nitrogen and oxygen atoms in total. The number of fused-ring (bicyclic) bond motifs is 1. The zero-order chi connectivity index (χ0) is 29.1. The molecule has 3 aromatic carbocycles. The average molecular weight is 546 g/mol. The highest BCUT2D eigenvalue weighted by atomic mass is 16.7. The first kappa shape index (κ1) is 29.5. The van der Waals surface area contributed by atoms with Gasteiger partial charge in [-0.3, -0.25) is 0 Å². The van der Waals surface area contributed by atoms with Crippen LogP contribution in [0.1, 0.15) is 78.4 Å². The van der Waals surface area contributed by atoms with E-state index in [4.69, 9.17) is 14.6 Å². The summed E-state index contributed by atoms with van der Waals surface area (Å²) in [7, 11) is 0. The number of nitrogens with one attached hydrogen (secondary N) is 1. The van der Waals surface area contributed by atoms with Crippen LogP contribution in [-0.4, -0.2) is 35.6 Å². The Morgan fingerprint density at radius 3 is 2.23 bits per heavy atom. The molecule has 214 valence electrons. The van der Waals surface area contributed by atoms with Gasteiger partial charge in [0.2, 0.25) is 0 Å². The maximum absolute atomic E-state index is 10.9. The highest BCUT2D eigenvalue weighted by Gasteiger charge is 2.37. The van der Waals surface area contributed by atoms with Gasteiger partial charge < -0.3 is 25.0 Å². The fourth-order valence-corrected chi connectivity index (χ4v) is 5.52. The Balaban J connectivity index is 1.71. The van der Waals surface area contributed by atoms with Crippen LogP contribution in [0.4, 0.5) is 4.79 Å². The molecule has 0 aromatic heterocycles. The molecule has 1 aliphatic rings. The number of hydrogen-bond donors (Lipinski definition) is 3. The number of ether oxygens (including phenoxy) is 2. The van der Waals surface area contributed by atoms with Crippen molar-refractivity contribution in [3.05, 3.63) is 65.7 Å². The van der Waals surface area contributed by atoms with E-state index >= 15 is 0 Å². The first-order chi connectivity index (χ1) is 18.9. The summed E-state index contributed by atoms with van der Waals surface area (Å²) < 4.78 is 11.0. The second-order valence-electron chi connectivity index (χ2n) is 12.5. The lowest BCUT2D eigenvalue weighted by molar-refractivity contribution is 0.144. The number of phenols is 1. The van der Waals surface area contributed by atoms with E-state index in [9.17, 15) is 9.90 Å². The van der Waals surface area contributed by atoms with Crippen LogP contribution in [0.15, 0.2) is 54.6 Å². The summed E-state index contributed by atoms with van der Waals surface area (Å²) >= 11 is 0. The lowest BCUT2D eigenvalue weighted by Crippen LogP contribution is -2.33. The molecule has 0 saturated heterocycles. The van der Waals surface area contributed by atoms with E-state index in [0.717, 1.165) is 54.7 Å². The molecule has 0 bridgehead atoms. The molecule has 0 amide bonds. The second-order valence-corrected chi connectivity index (χ2v) is 12.5. The van der Waals surface area contributed by atoms with Crippen molar-refractivity contribution in [2.24, 2.45) is 0 Å². The number of hydrogen-bond acceptors (Lipinski definition) is 5. The van der Waals surface area contributed by atoms with Gasteiger partial charge in [0.25, 0.3) is 0 Å². The number of rotatable bonds is 10. The van der Waals surface area contributed by atoms with Crippen molar-refractivity contribution in [1.29, 1.82) is 0 Å². The summed E-state index contributed by atoms with van der Waals surface area (Å²) in [5.41, 5.74) is 6.40. The molecule has 0 unspecified atom stereocenters. The molecule has 40 heavy (non-hydrogen) atoms. The number of carbonyl (C=O) groups is 1. The van der Waals surface area contributed by atoms with Crippen LogP contribution >= 0.6 is 0 Å². The first-order valence-electron chi connectivity index (χ1n) is 14.3. The lowest BCUT2D eigenvalue weighted by Gasteiger charge is -2.42. The van der Waals surface area contributed by atoms with Gasteiger partial charge in [-0.1, -0.05) is 65.8 Å². The molecule has 3 N–H and O–H groups in total. The second kappa shape index (κ2) is 11.9. The molecule has 0 spiro atoms. The number of aromatic hydroxyl groups is 1. The maximum Gasteiger partial charge on any atom is 0.511 e. The van der Waals surface area contributed by atoms with Crippen LogP contribution in [0.2, 0.25) is 0 Å². The zero-order valence-corrected chi connectivity index (χ0v) is 24.6. The monoisotopic (exact) mass is 545 g/mol. The summed E-state index contributed by atoms with van der Waals surface area (Å²) in [6, 6.07) is 17.7. The third kappa shape index (κ3) is 6.79. The topological polar surface area (TPSA) is 88.0 Å². The molecule has 4 rings (SSSR count). The number of benzene rings is 3. The van der Waals surface area contributed by atoms with Gasteiger partial charge in [-0.15, -0.1) is 0 Å². The van der Waals surface area contributed by atoms with Crippen LogP contribution < -0.4 is 14.8 Å². The van der Waals surface area contributed by atoms with Crippen LogP contribution in [0, 0.1) is 0 Å². The summed E-state index contributed by atoms with van der Waals surface area (Å²) in [6.07, 6.45) is 2.84. The Morgan fingerprint density at radius 2 is 1.55 bits per heavy atom. The predicted octanol–water partition coefficient (Wildman–Crippen LogP) is 8.29. The fourth-order valence-electron chi connectivity index (χ4n) is 5.52. The maximum atomic E-state index is 10.9. The molecule has 0 saturated carbocycles. The lowest BCUT2D eigenvalue weighted by atomic mass is 9.63. The highest BCUT2D eigenvalue weighted by molar-refractivity contribution is 5.81. The van der Waals surface area contributed by atoms with Crippen LogP contribution in [0.5, 0.6) is 17.2 Å². The van der Waals surface area contributed by atoms with Gasteiger partial charge in [0.1, 0.15) is 17.2 Å². The third-order valence-electron chi connectivity index (χ3n) is 8.01. The Morgan fingerprint density at radius 1 is 0.875 bits per heavy atom. The summed E-state index contributed by atoms with van der Waals surface area (Å²) in [5.74, 6) is 0.823. The molecule has 1 aliphatic carbocycles. The Hall–Kier alpha value is -3.51. The minimum Gasteiger partial charge on any atom is -0.507 e. The van der Waals surface area contributed by atoms with Crippen LogP contribution in [-0.2, 0) is 10.8 Å². The SMILES string of the molecule is CC(C)NCCCCOc1ccc(-c2ccc(OC(=O)O)cc2O)cc1-c1ccc2c(c1)C(C)(C)CCC2(C)C.